The largest absolute Gasteiger partial charge is 0.482 e. The van der Waals surface area contributed by atoms with Gasteiger partial charge in [-0.1, -0.05) is 47.5 Å². The quantitative estimate of drug-likeness (QED) is 0.364. The number of carboxylic acids is 1. The number of aryl methyl sites for hydroxylation is 1. The SMILES string of the molecule is O=C(O)COc1ccc(Cl)cc1C1c2ccccc2CN1C(=O)CCn1ncc2ccc(Cl)cc21. The Bertz CT molecular complexity index is 1440. The second kappa shape index (κ2) is 9.60. The normalized spacial score (nSPS) is 14.8. The predicted molar refractivity (Wildman–Crippen MR) is 133 cm³/mol. The summed E-state index contributed by atoms with van der Waals surface area (Å²) in [5.74, 6) is -0.776. The zero-order chi connectivity index (χ0) is 24.5. The molecule has 3 aromatic carbocycles. The average molecular weight is 510 g/mol. The number of fused-ring (bicyclic) bond motifs is 2. The van der Waals surface area contributed by atoms with Gasteiger partial charge in [-0.3, -0.25) is 9.48 Å². The molecule has 178 valence electrons. The van der Waals surface area contributed by atoms with Gasteiger partial charge in [0.05, 0.1) is 24.3 Å². The van der Waals surface area contributed by atoms with Crippen molar-refractivity contribution in [2.45, 2.75) is 25.6 Å². The molecule has 0 fully saturated rings. The molecule has 9 heteroatoms. The van der Waals surface area contributed by atoms with E-state index >= 15 is 0 Å². The summed E-state index contributed by atoms with van der Waals surface area (Å²) in [5, 5.41) is 15.5. The summed E-state index contributed by atoms with van der Waals surface area (Å²) in [4.78, 5) is 26.5. The minimum Gasteiger partial charge on any atom is -0.482 e. The first-order valence-corrected chi connectivity index (χ1v) is 11.8. The number of rotatable bonds is 7. The second-order valence-corrected chi connectivity index (χ2v) is 9.18. The lowest BCUT2D eigenvalue weighted by atomic mass is 9.97. The Balaban J connectivity index is 1.45. The maximum Gasteiger partial charge on any atom is 0.341 e. The standard InChI is InChI=1S/C26H21Cl2N3O4/c27-18-7-8-23(35-15-25(33)34)21(11-18)26-20-4-2-1-3-17(20)14-30(26)24(32)9-10-31-22-12-19(28)6-5-16(22)13-29-31/h1-8,11-13,26H,9-10,14-15H2,(H,33,34). The Morgan fingerprint density at radius 1 is 1.03 bits per heavy atom. The van der Waals surface area contributed by atoms with Gasteiger partial charge >= 0.3 is 5.97 Å². The molecule has 7 nitrogen and oxygen atoms in total. The molecule has 1 amide bonds. The van der Waals surface area contributed by atoms with Crippen LogP contribution < -0.4 is 4.74 Å². The van der Waals surface area contributed by atoms with Gasteiger partial charge in [-0.25, -0.2) is 4.79 Å². The third-order valence-electron chi connectivity index (χ3n) is 6.08. The van der Waals surface area contributed by atoms with Crippen LogP contribution in [0.2, 0.25) is 10.0 Å². The van der Waals surface area contributed by atoms with Crippen molar-refractivity contribution in [2.75, 3.05) is 6.61 Å². The fourth-order valence-corrected chi connectivity index (χ4v) is 4.87. The molecule has 1 unspecified atom stereocenters. The van der Waals surface area contributed by atoms with Gasteiger partial charge in [0.2, 0.25) is 5.91 Å². The summed E-state index contributed by atoms with van der Waals surface area (Å²) < 4.78 is 7.34. The molecule has 0 radical (unpaired) electrons. The summed E-state index contributed by atoms with van der Waals surface area (Å²) >= 11 is 12.5. The Morgan fingerprint density at radius 3 is 2.63 bits per heavy atom. The number of amides is 1. The van der Waals surface area contributed by atoms with E-state index in [2.05, 4.69) is 5.10 Å². The molecule has 0 saturated carbocycles. The van der Waals surface area contributed by atoms with Gasteiger partial charge < -0.3 is 14.7 Å². The summed E-state index contributed by atoms with van der Waals surface area (Å²) in [6.45, 7) is 0.322. The molecule has 1 atom stereocenters. The van der Waals surface area contributed by atoms with Gasteiger partial charge in [-0.2, -0.15) is 5.10 Å². The highest BCUT2D eigenvalue weighted by atomic mass is 35.5. The summed E-state index contributed by atoms with van der Waals surface area (Å²) in [6.07, 6.45) is 1.97. The second-order valence-electron chi connectivity index (χ2n) is 8.31. The maximum absolute atomic E-state index is 13.5. The monoisotopic (exact) mass is 509 g/mol. The molecule has 0 spiro atoms. The zero-order valence-electron chi connectivity index (χ0n) is 18.5. The predicted octanol–water partition coefficient (Wildman–Crippen LogP) is 5.33. The van der Waals surface area contributed by atoms with Crippen LogP contribution in [0.15, 0.2) is 66.9 Å². The topological polar surface area (TPSA) is 84.7 Å². The van der Waals surface area contributed by atoms with Crippen LogP contribution in [0.5, 0.6) is 5.75 Å². The number of nitrogens with zero attached hydrogens (tertiary/aromatic N) is 3. The molecule has 0 bridgehead atoms. The summed E-state index contributed by atoms with van der Waals surface area (Å²) in [5.41, 5.74) is 3.49. The van der Waals surface area contributed by atoms with Crippen molar-refractivity contribution >= 4 is 46.0 Å². The fourth-order valence-electron chi connectivity index (χ4n) is 4.53. The highest BCUT2D eigenvalue weighted by Crippen LogP contribution is 2.43. The molecular weight excluding hydrogens is 489 g/mol. The van der Waals surface area contributed by atoms with Crippen LogP contribution >= 0.6 is 23.2 Å². The number of ether oxygens (including phenoxy) is 1. The minimum absolute atomic E-state index is 0.0685. The number of carbonyl (C=O) groups is 2. The van der Waals surface area contributed by atoms with E-state index in [4.69, 9.17) is 33.0 Å². The molecule has 0 aliphatic carbocycles. The average Bonchev–Trinajstić information content (AvgIpc) is 3.42. The van der Waals surface area contributed by atoms with Crippen molar-refractivity contribution < 1.29 is 19.4 Å². The number of aliphatic carboxylic acids is 1. The van der Waals surface area contributed by atoms with Crippen LogP contribution in [0.3, 0.4) is 0 Å². The van der Waals surface area contributed by atoms with Crippen molar-refractivity contribution in [2.24, 2.45) is 0 Å². The molecule has 1 aliphatic rings. The highest BCUT2D eigenvalue weighted by Gasteiger charge is 2.36. The summed E-state index contributed by atoms with van der Waals surface area (Å²) in [6, 6.07) is 17.9. The maximum atomic E-state index is 13.5. The van der Waals surface area contributed by atoms with E-state index in [0.717, 1.165) is 22.0 Å². The van der Waals surface area contributed by atoms with E-state index < -0.39 is 18.6 Å². The van der Waals surface area contributed by atoms with Crippen molar-refractivity contribution in [1.82, 2.24) is 14.7 Å². The first kappa shape index (κ1) is 23.2. The van der Waals surface area contributed by atoms with E-state index in [1.165, 1.54) is 0 Å². The molecule has 1 aromatic heterocycles. The number of carboxylic acid groups (broad SMARTS) is 1. The minimum atomic E-state index is -1.09. The third-order valence-corrected chi connectivity index (χ3v) is 6.55. The van der Waals surface area contributed by atoms with Gasteiger partial charge in [0, 0.05) is 34.0 Å². The van der Waals surface area contributed by atoms with Crippen molar-refractivity contribution in [1.29, 1.82) is 0 Å². The molecule has 0 saturated heterocycles. The molecule has 1 aliphatic heterocycles. The van der Waals surface area contributed by atoms with Gasteiger partial charge in [0.1, 0.15) is 5.75 Å². The number of halogens is 2. The van der Waals surface area contributed by atoms with Crippen LogP contribution in [0.4, 0.5) is 0 Å². The van der Waals surface area contributed by atoms with E-state index in [1.54, 1.807) is 34.0 Å². The number of hydrogen-bond donors (Lipinski definition) is 1. The lowest BCUT2D eigenvalue weighted by Crippen LogP contribution is -2.31. The molecular formula is C26H21Cl2N3O4. The van der Waals surface area contributed by atoms with Crippen LogP contribution in [-0.4, -0.2) is 38.3 Å². The first-order valence-electron chi connectivity index (χ1n) is 11.0. The number of benzene rings is 3. The van der Waals surface area contributed by atoms with Gasteiger partial charge in [-0.05, 0) is 47.5 Å². The van der Waals surface area contributed by atoms with E-state index in [0.29, 0.717) is 34.4 Å². The van der Waals surface area contributed by atoms with Crippen molar-refractivity contribution in [3.8, 4) is 5.75 Å². The molecule has 2 heterocycles. The Labute approximate surface area is 211 Å². The first-order chi connectivity index (χ1) is 16.9. The third kappa shape index (κ3) is 4.70. The molecule has 5 rings (SSSR count). The number of carbonyl (C=O) groups excluding carboxylic acids is 1. The van der Waals surface area contributed by atoms with Crippen molar-refractivity contribution in [3.05, 3.63) is 93.6 Å². The zero-order valence-corrected chi connectivity index (χ0v) is 20.0. The van der Waals surface area contributed by atoms with E-state index in [9.17, 15) is 9.59 Å². The van der Waals surface area contributed by atoms with Crippen LogP contribution in [-0.2, 0) is 22.7 Å². The van der Waals surface area contributed by atoms with Crippen LogP contribution in [0.1, 0.15) is 29.2 Å². The molecule has 35 heavy (non-hydrogen) atoms. The van der Waals surface area contributed by atoms with E-state index in [-0.39, 0.29) is 12.3 Å². The van der Waals surface area contributed by atoms with Crippen molar-refractivity contribution in [3.63, 3.8) is 0 Å². The highest BCUT2D eigenvalue weighted by molar-refractivity contribution is 6.31. The lowest BCUT2D eigenvalue weighted by molar-refractivity contribution is -0.139. The van der Waals surface area contributed by atoms with Gasteiger partial charge in [-0.15, -0.1) is 0 Å². The van der Waals surface area contributed by atoms with Crippen LogP contribution in [0.25, 0.3) is 10.9 Å². The molecule has 4 aromatic rings. The van der Waals surface area contributed by atoms with Crippen LogP contribution in [0, 0.1) is 0 Å². The lowest BCUT2D eigenvalue weighted by Gasteiger charge is -2.27. The smallest absolute Gasteiger partial charge is 0.341 e. The van der Waals surface area contributed by atoms with Gasteiger partial charge in [0.15, 0.2) is 6.61 Å². The molecule has 1 N–H and O–H groups in total. The fraction of sp³-hybridized carbons (Fsp3) is 0.192. The Hall–Kier alpha value is -3.55. The van der Waals surface area contributed by atoms with E-state index in [1.807, 2.05) is 42.5 Å². The number of aromatic nitrogens is 2. The Morgan fingerprint density at radius 2 is 1.80 bits per heavy atom. The number of hydrogen-bond acceptors (Lipinski definition) is 4. The van der Waals surface area contributed by atoms with Gasteiger partial charge in [0.25, 0.3) is 0 Å². The summed E-state index contributed by atoms with van der Waals surface area (Å²) in [7, 11) is 0. The Kier molecular flexibility index (Phi) is 6.36.